The molecule has 0 saturated carbocycles. The summed E-state index contributed by atoms with van der Waals surface area (Å²) in [6, 6.07) is 11.1. The molecule has 2 aromatic rings. The summed E-state index contributed by atoms with van der Waals surface area (Å²) in [5.74, 6) is -0.433. The van der Waals surface area contributed by atoms with Gasteiger partial charge in [-0.05, 0) is 53.8 Å². The number of hydrogen-bond acceptors (Lipinski definition) is 9. The molecule has 0 radical (unpaired) electrons. The van der Waals surface area contributed by atoms with Gasteiger partial charge in [0.15, 0.2) is 17.3 Å². The molecule has 194 valence electrons. The Morgan fingerprint density at radius 2 is 1.76 bits per heavy atom. The molecular formula is C26H27N3O7S. The quantitative estimate of drug-likeness (QED) is 0.574. The fraction of sp³-hybridized carbons (Fsp3) is 0.308. The fourth-order valence-electron chi connectivity index (χ4n) is 5.23. The number of nitrogens with zero attached hydrogens (tertiary/aromatic N) is 1. The van der Waals surface area contributed by atoms with E-state index in [0.29, 0.717) is 40.4 Å². The average molecular weight is 526 g/mol. The number of rotatable bonds is 4. The number of benzene rings is 2. The highest BCUT2D eigenvalue weighted by molar-refractivity contribution is 7.89. The number of anilines is 1. The lowest BCUT2D eigenvalue weighted by atomic mass is 9.68. The molecule has 2 aliphatic heterocycles. The second-order valence-corrected chi connectivity index (χ2v) is 11.6. The average Bonchev–Trinajstić information content (AvgIpc) is 3.29. The fourth-order valence-corrected chi connectivity index (χ4v) is 5.74. The van der Waals surface area contributed by atoms with Gasteiger partial charge in [0.2, 0.25) is 16.8 Å². The van der Waals surface area contributed by atoms with Crippen LogP contribution in [0.25, 0.3) is 0 Å². The van der Waals surface area contributed by atoms with Gasteiger partial charge in [0.25, 0.3) is 0 Å². The minimum atomic E-state index is -3.92. The van der Waals surface area contributed by atoms with E-state index in [0.717, 1.165) is 0 Å². The van der Waals surface area contributed by atoms with E-state index in [1.807, 2.05) is 13.8 Å². The second kappa shape index (κ2) is 8.63. The summed E-state index contributed by atoms with van der Waals surface area (Å²) in [7, 11) is -2.67. The molecule has 0 fully saturated rings. The van der Waals surface area contributed by atoms with Gasteiger partial charge >= 0.3 is 5.97 Å². The molecule has 0 saturated heterocycles. The van der Waals surface area contributed by atoms with E-state index in [4.69, 9.17) is 25.1 Å². The van der Waals surface area contributed by atoms with Crippen LogP contribution in [0.2, 0.25) is 0 Å². The van der Waals surface area contributed by atoms with Crippen molar-refractivity contribution in [3.05, 3.63) is 70.7 Å². The minimum Gasteiger partial charge on any atom is -0.466 e. The molecule has 0 bridgehead atoms. The zero-order chi connectivity index (χ0) is 26.7. The molecule has 1 unspecified atom stereocenters. The van der Waals surface area contributed by atoms with Crippen molar-refractivity contribution in [3.63, 3.8) is 0 Å². The first-order chi connectivity index (χ1) is 17.4. The van der Waals surface area contributed by atoms with Crippen molar-refractivity contribution >= 4 is 27.5 Å². The Bertz CT molecular complexity index is 1490. The second-order valence-electron chi connectivity index (χ2n) is 10.0. The summed E-state index contributed by atoms with van der Waals surface area (Å²) < 4.78 is 39.7. The van der Waals surface area contributed by atoms with Gasteiger partial charge < -0.3 is 19.9 Å². The smallest absolute Gasteiger partial charge is 0.338 e. The van der Waals surface area contributed by atoms with Crippen molar-refractivity contribution in [2.75, 3.05) is 18.8 Å². The molecule has 3 aliphatic rings. The molecular weight excluding hydrogens is 498 g/mol. The molecule has 10 nitrogen and oxygen atoms in total. The van der Waals surface area contributed by atoms with Crippen molar-refractivity contribution in [2.45, 2.75) is 37.5 Å². The normalized spacial score (nSPS) is 20.7. The van der Waals surface area contributed by atoms with Gasteiger partial charge in [0, 0.05) is 23.4 Å². The molecule has 0 aromatic heterocycles. The SMILES string of the molecule is COC(=O)C1=C(N)N(c2ccc(S(N)(=O)=O)cc2)C2=C(C(=O)CC(C)(C)C2)C1c1ccc2c(c1)OCO2. The Kier molecular flexibility index (Phi) is 5.80. The number of esters is 1. The minimum absolute atomic E-state index is 0.0727. The molecule has 11 heteroatoms. The van der Waals surface area contributed by atoms with E-state index < -0.39 is 21.9 Å². The monoisotopic (exact) mass is 525 g/mol. The van der Waals surface area contributed by atoms with Crippen LogP contribution in [-0.4, -0.2) is 34.1 Å². The molecule has 4 N–H and O–H groups in total. The number of fused-ring (bicyclic) bond motifs is 1. The lowest BCUT2D eigenvalue weighted by Crippen LogP contribution is -2.43. The maximum Gasteiger partial charge on any atom is 0.338 e. The molecule has 1 aliphatic carbocycles. The van der Waals surface area contributed by atoms with Gasteiger partial charge in [-0.3, -0.25) is 9.69 Å². The summed E-state index contributed by atoms with van der Waals surface area (Å²) in [5, 5.41) is 5.26. The number of carbonyl (C=O) groups excluding carboxylic acids is 2. The van der Waals surface area contributed by atoms with E-state index in [1.165, 1.54) is 19.2 Å². The highest BCUT2D eigenvalue weighted by atomic mass is 32.2. The number of primary sulfonamides is 1. The summed E-state index contributed by atoms with van der Waals surface area (Å²) in [4.78, 5) is 28.5. The highest BCUT2D eigenvalue weighted by Crippen LogP contribution is 2.51. The number of carbonyl (C=O) groups is 2. The zero-order valence-corrected chi connectivity index (χ0v) is 21.4. The number of Topliss-reactive ketones (excluding diaryl/α,β-unsaturated/α-hetero) is 1. The molecule has 0 spiro atoms. The first kappa shape index (κ1) is 24.8. The van der Waals surface area contributed by atoms with Crippen molar-refractivity contribution < 1.29 is 32.2 Å². The maximum atomic E-state index is 13.7. The predicted molar refractivity (Wildman–Crippen MR) is 134 cm³/mol. The third kappa shape index (κ3) is 4.23. The summed E-state index contributed by atoms with van der Waals surface area (Å²) in [6.45, 7) is 4.05. The zero-order valence-electron chi connectivity index (χ0n) is 20.6. The molecule has 0 amide bonds. The van der Waals surface area contributed by atoms with Gasteiger partial charge in [0.1, 0.15) is 5.82 Å². The number of allylic oxidation sites excluding steroid dienone is 2. The van der Waals surface area contributed by atoms with Gasteiger partial charge in [-0.25, -0.2) is 18.4 Å². The molecule has 2 aromatic carbocycles. The maximum absolute atomic E-state index is 13.7. The van der Waals surface area contributed by atoms with E-state index in [1.54, 1.807) is 35.2 Å². The number of nitrogens with two attached hydrogens (primary N) is 2. The van der Waals surface area contributed by atoms with Crippen LogP contribution in [0.3, 0.4) is 0 Å². The van der Waals surface area contributed by atoms with Crippen LogP contribution in [0.1, 0.15) is 38.2 Å². The van der Waals surface area contributed by atoms with Crippen molar-refractivity contribution in [1.82, 2.24) is 0 Å². The van der Waals surface area contributed by atoms with Gasteiger partial charge in [0.05, 0.1) is 23.5 Å². The Hall–Kier alpha value is -3.83. The largest absolute Gasteiger partial charge is 0.466 e. The summed E-state index contributed by atoms with van der Waals surface area (Å²) >= 11 is 0. The van der Waals surface area contributed by atoms with Crippen LogP contribution in [0.4, 0.5) is 5.69 Å². The van der Waals surface area contributed by atoms with E-state index in [9.17, 15) is 18.0 Å². The van der Waals surface area contributed by atoms with Crippen molar-refractivity contribution in [3.8, 4) is 11.5 Å². The van der Waals surface area contributed by atoms with Gasteiger partial charge in [-0.1, -0.05) is 19.9 Å². The van der Waals surface area contributed by atoms with E-state index in [2.05, 4.69) is 0 Å². The number of methoxy groups -OCH3 is 1. The Balaban J connectivity index is 1.76. The summed E-state index contributed by atoms with van der Waals surface area (Å²) in [6.07, 6.45) is 0.765. The molecule has 5 rings (SSSR count). The van der Waals surface area contributed by atoms with Crippen LogP contribution in [0, 0.1) is 5.41 Å². The van der Waals surface area contributed by atoms with Crippen molar-refractivity contribution in [2.24, 2.45) is 16.3 Å². The lowest BCUT2D eigenvalue weighted by Gasteiger charge is -2.44. The van der Waals surface area contributed by atoms with Gasteiger partial charge in [-0.15, -0.1) is 0 Å². The first-order valence-corrected chi connectivity index (χ1v) is 13.1. The van der Waals surface area contributed by atoms with Crippen LogP contribution in [-0.2, 0) is 24.3 Å². The highest BCUT2D eigenvalue weighted by Gasteiger charge is 2.46. The third-order valence-electron chi connectivity index (χ3n) is 6.82. The lowest BCUT2D eigenvalue weighted by molar-refractivity contribution is -0.136. The van der Waals surface area contributed by atoms with Gasteiger partial charge in [-0.2, -0.15) is 0 Å². The van der Waals surface area contributed by atoms with E-state index >= 15 is 0 Å². The van der Waals surface area contributed by atoms with Crippen LogP contribution in [0.5, 0.6) is 11.5 Å². The van der Waals surface area contributed by atoms with Crippen molar-refractivity contribution in [1.29, 1.82) is 0 Å². The predicted octanol–water partition coefficient (Wildman–Crippen LogP) is 2.65. The molecule has 1 atom stereocenters. The molecule has 2 heterocycles. The number of sulfonamides is 1. The number of hydrogen-bond donors (Lipinski definition) is 2. The summed E-state index contributed by atoms with van der Waals surface area (Å²) in [5.41, 5.74) is 8.61. The Morgan fingerprint density at radius 3 is 2.41 bits per heavy atom. The van der Waals surface area contributed by atoms with E-state index in [-0.39, 0.29) is 40.7 Å². The topological polar surface area (TPSA) is 151 Å². The van der Waals surface area contributed by atoms with Crippen LogP contribution >= 0.6 is 0 Å². The standard InChI is InChI=1S/C26H27N3O7S/c1-26(2)11-17-22(18(30)12-26)21(14-4-9-19-20(10-14)36-13-35-19)23(25(31)34-3)24(27)29(17)15-5-7-16(8-6-15)37(28,32)33/h4-10,21H,11-13,27H2,1-3H3,(H2,28,32,33). The third-order valence-corrected chi connectivity index (χ3v) is 7.75. The van der Waals surface area contributed by atoms with Crippen LogP contribution < -0.4 is 25.2 Å². The number of ether oxygens (including phenoxy) is 3. The molecule has 37 heavy (non-hydrogen) atoms. The number of ketones is 1. The first-order valence-electron chi connectivity index (χ1n) is 11.6. The van der Waals surface area contributed by atoms with Crippen LogP contribution in [0.15, 0.2) is 70.0 Å². The Morgan fingerprint density at radius 1 is 1.08 bits per heavy atom. The Labute approximate surface area is 214 Å².